The van der Waals surface area contributed by atoms with E-state index in [1.165, 1.54) is 37.4 Å². The molecule has 34 heavy (non-hydrogen) atoms. The Kier molecular flexibility index (Phi) is 7.31. The van der Waals surface area contributed by atoms with E-state index in [4.69, 9.17) is 4.74 Å². The molecule has 3 aromatic rings. The third-order valence-corrected chi connectivity index (χ3v) is 6.17. The van der Waals surface area contributed by atoms with Crippen LogP contribution < -0.4 is 14.8 Å². The molecule has 0 aliphatic carbocycles. The zero-order valence-electron chi connectivity index (χ0n) is 18.0. The van der Waals surface area contributed by atoms with E-state index in [2.05, 4.69) is 16.6 Å². The molecular formula is C24H21F3N2O4S. The molecule has 3 rings (SSSR count). The first-order valence-corrected chi connectivity index (χ1v) is 11.4. The van der Waals surface area contributed by atoms with Gasteiger partial charge >= 0.3 is 6.18 Å². The van der Waals surface area contributed by atoms with Gasteiger partial charge in [0.2, 0.25) is 0 Å². The third kappa shape index (κ3) is 5.96. The summed E-state index contributed by atoms with van der Waals surface area (Å²) in [5.74, 6) is 0.213. The number of methoxy groups -OCH3 is 1. The maximum Gasteiger partial charge on any atom is 0.416 e. The van der Waals surface area contributed by atoms with Gasteiger partial charge in [-0.2, -0.15) is 13.2 Å². The number of rotatable bonds is 8. The number of benzene rings is 3. The van der Waals surface area contributed by atoms with Crippen molar-refractivity contribution in [2.45, 2.75) is 17.5 Å². The molecule has 0 saturated carbocycles. The number of hydrogen-bond donors (Lipinski definition) is 2. The SMILES string of the molecule is C=CCc1cc(C(=O)Nc2ccc(S(=O)(=O)Nc3cccc(C(F)(F)F)c3)cc2)ccc1OC. The van der Waals surface area contributed by atoms with E-state index in [0.29, 0.717) is 29.5 Å². The minimum atomic E-state index is -4.60. The fraction of sp³-hybridized carbons (Fsp3) is 0.125. The van der Waals surface area contributed by atoms with Crippen molar-refractivity contribution in [3.05, 3.63) is 96.1 Å². The van der Waals surface area contributed by atoms with Crippen molar-refractivity contribution in [2.24, 2.45) is 0 Å². The van der Waals surface area contributed by atoms with E-state index in [1.54, 1.807) is 24.3 Å². The van der Waals surface area contributed by atoms with Crippen LogP contribution in [0.1, 0.15) is 21.5 Å². The largest absolute Gasteiger partial charge is 0.496 e. The highest BCUT2D eigenvalue weighted by Gasteiger charge is 2.30. The molecule has 1 amide bonds. The number of sulfonamides is 1. The number of carbonyl (C=O) groups is 1. The number of carbonyl (C=O) groups excluding carboxylic acids is 1. The molecule has 178 valence electrons. The molecule has 0 saturated heterocycles. The predicted octanol–water partition coefficient (Wildman–Crippen LogP) is 5.50. The number of amides is 1. The highest BCUT2D eigenvalue weighted by Crippen LogP contribution is 2.31. The topological polar surface area (TPSA) is 84.5 Å². The van der Waals surface area contributed by atoms with Crippen LogP contribution in [-0.4, -0.2) is 21.4 Å². The van der Waals surface area contributed by atoms with Gasteiger partial charge in [-0.25, -0.2) is 8.42 Å². The Balaban J connectivity index is 1.74. The van der Waals surface area contributed by atoms with Crippen LogP contribution in [0.25, 0.3) is 0 Å². The molecule has 6 nitrogen and oxygen atoms in total. The molecule has 3 aromatic carbocycles. The lowest BCUT2D eigenvalue weighted by Gasteiger charge is -2.12. The molecule has 0 spiro atoms. The van der Waals surface area contributed by atoms with Gasteiger partial charge in [0.05, 0.1) is 17.6 Å². The van der Waals surface area contributed by atoms with Crippen LogP contribution in [0.3, 0.4) is 0 Å². The van der Waals surface area contributed by atoms with E-state index >= 15 is 0 Å². The van der Waals surface area contributed by atoms with Crippen LogP contribution in [0.5, 0.6) is 5.75 Å². The highest BCUT2D eigenvalue weighted by atomic mass is 32.2. The second-order valence-electron chi connectivity index (χ2n) is 7.18. The van der Waals surface area contributed by atoms with Crippen LogP contribution in [0.15, 0.2) is 84.3 Å². The Morgan fingerprint density at radius 1 is 1.03 bits per heavy atom. The predicted molar refractivity (Wildman–Crippen MR) is 124 cm³/mol. The number of halogens is 3. The summed E-state index contributed by atoms with van der Waals surface area (Å²) in [7, 11) is -2.62. The lowest BCUT2D eigenvalue weighted by Crippen LogP contribution is -2.15. The van der Waals surface area contributed by atoms with Gasteiger partial charge in [0.15, 0.2) is 0 Å². The van der Waals surface area contributed by atoms with Crippen LogP contribution in [-0.2, 0) is 22.6 Å². The van der Waals surface area contributed by atoms with Crippen molar-refractivity contribution in [3.8, 4) is 5.75 Å². The summed E-state index contributed by atoms with van der Waals surface area (Å²) in [6.45, 7) is 3.68. The third-order valence-electron chi connectivity index (χ3n) is 4.77. The average Bonchev–Trinajstić information content (AvgIpc) is 2.79. The Hall–Kier alpha value is -3.79. The van der Waals surface area contributed by atoms with Crippen molar-refractivity contribution < 1.29 is 31.1 Å². The first kappa shape index (κ1) is 24.8. The first-order valence-electron chi connectivity index (χ1n) is 9.93. The van der Waals surface area contributed by atoms with E-state index in [0.717, 1.165) is 17.7 Å². The molecule has 0 atom stereocenters. The number of allylic oxidation sites excluding steroid dienone is 1. The van der Waals surface area contributed by atoms with Gasteiger partial charge < -0.3 is 10.1 Å². The number of nitrogens with one attached hydrogen (secondary N) is 2. The van der Waals surface area contributed by atoms with Gasteiger partial charge in [-0.3, -0.25) is 9.52 Å². The van der Waals surface area contributed by atoms with Crippen LogP contribution in [0.4, 0.5) is 24.5 Å². The molecule has 0 aliphatic heterocycles. The van der Waals surface area contributed by atoms with Crippen molar-refractivity contribution in [1.29, 1.82) is 0 Å². The van der Waals surface area contributed by atoms with Crippen molar-refractivity contribution in [1.82, 2.24) is 0 Å². The summed E-state index contributed by atoms with van der Waals surface area (Å²) in [6.07, 6.45) is -2.40. The van der Waals surface area contributed by atoms with Crippen molar-refractivity contribution in [2.75, 3.05) is 17.1 Å². The molecule has 0 bridgehead atoms. The molecule has 10 heteroatoms. The molecule has 0 fully saturated rings. The standard InChI is InChI=1S/C24H21F3N2O4S/c1-3-5-16-14-17(8-13-22(16)33-2)23(30)28-19-9-11-21(12-10-19)34(31,32)29-20-7-4-6-18(15-20)24(25,26)27/h3-4,6-15,29H,1,5H2,2H3,(H,28,30). The van der Waals surface area contributed by atoms with Gasteiger partial charge in [0.1, 0.15) is 5.75 Å². The zero-order chi connectivity index (χ0) is 24.9. The molecule has 0 heterocycles. The lowest BCUT2D eigenvalue weighted by atomic mass is 10.1. The van der Waals surface area contributed by atoms with Crippen molar-refractivity contribution >= 4 is 27.3 Å². The quantitative estimate of drug-likeness (QED) is 0.409. The molecule has 0 aromatic heterocycles. The Labute approximate surface area is 195 Å². The summed E-state index contributed by atoms with van der Waals surface area (Å²) in [5.41, 5.74) is 0.305. The highest BCUT2D eigenvalue weighted by molar-refractivity contribution is 7.92. The van der Waals surface area contributed by atoms with Crippen LogP contribution >= 0.6 is 0 Å². The summed E-state index contributed by atoms with van der Waals surface area (Å²) >= 11 is 0. The van der Waals surface area contributed by atoms with Crippen LogP contribution in [0.2, 0.25) is 0 Å². The summed E-state index contributed by atoms with van der Waals surface area (Å²) < 4.78 is 71.2. The molecule has 0 aliphatic rings. The van der Waals surface area contributed by atoms with Crippen LogP contribution in [0, 0.1) is 0 Å². The fourth-order valence-electron chi connectivity index (χ4n) is 3.13. The number of hydrogen-bond acceptors (Lipinski definition) is 4. The van der Waals surface area contributed by atoms with Gasteiger partial charge in [-0.1, -0.05) is 12.1 Å². The zero-order valence-corrected chi connectivity index (χ0v) is 18.8. The van der Waals surface area contributed by atoms with E-state index in [9.17, 15) is 26.4 Å². The Morgan fingerprint density at radius 3 is 2.35 bits per heavy atom. The number of anilines is 2. The first-order chi connectivity index (χ1) is 16.0. The van der Waals surface area contributed by atoms with E-state index < -0.39 is 27.7 Å². The average molecular weight is 491 g/mol. The summed E-state index contributed by atoms with van der Waals surface area (Å²) in [6, 6.07) is 14.1. The number of alkyl halides is 3. The second-order valence-corrected chi connectivity index (χ2v) is 8.86. The molecule has 2 N–H and O–H groups in total. The fourth-order valence-corrected chi connectivity index (χ4v) is 4.18. The minimum absolute atomic E-state index is 0.180. The summed E-state index contributed by atoms with van der Waals surface area (Å²) in [5, 5.41) is 2.67. The van der Waals surface area contributed by atoms with Gasteiger partial charge in [0.25, 0.3) is 15.9 Å². The Bertz CT molecular complexity index is 1300. The van der Waals surface area contributed by atoms with Gasteiger partial charge in [-0.05, 0) is 72.6 Å². The molecule has 0 unspecified atom stereocenters. The van der Waals surface area contributed by atoms with Crippen molar-refractivity contribution in [3.63, 3.8) is 0 Å². The molecule has 0 radical (unpaired) electrons. The van der Waals surface area contributed by atoms with Gasteiger partial charge in [0, 0.05) is 16.9 Å². The second kappa shape index (κ2) is 10.0. The van der Waals surface area contributed by atoms with E-state index in [-0.39, 0.29) is 10.6 Å². The maximum absolute atomic E-state index is 12.9. The summed E-state index contributed by atoms with van der Waals surface area (Å²) in [4.78, 5) is 12.4. The van der Waals surface area contributed by atoms with E-state index in [1.807, 2.05) is 0 Å². The maximum atomic E-state index is 12.9. The monoisotopic (exact) mass is 490 g/mol. The smallest absolute Gasteiger partial charge is 0.416 e. The lowest BCUT2D eigenvalue weighted by molar-refractivity contribution is -0.137. The number of ether oxygens (including phenoxy) is 1. The Morgan fingerprint density at radius 2 is 1.74 bits per heavy atom. The van der Waals surface area contributed by atoms with Gasteiger partial charge in [-0.15, -0.1) is 6.58 Å². The molecular weight excluding hydrogens is 469 g/mol. The normalized spacial score (nSPS) is 11.5. The minimum Gasteiger partial charge on any atom is -0.496 e.